The molecule has 2 aliphatic heterocycles. The molecule has 2 aromatic carbocycles. The first kappa shape index (κ1) is 19.1. The predicted molar refractivity (Wildman–Crippen MR) is 114 cm³/mol. The summed E-state index contributed by atoms with van der Waals surface area (Å²) in [5.74, 6) is -0.0410. The molecule has 1 fully saturated rings. The molecule has 10 heteroatoms. The lowest BCUT2D eigenvalue weighted by molar-refractivity contribution is -0.123. The molecule has 9 nitrogen and oxygen atoms in total. The summed E-state index contributed by atoms with van der Waals surface area (Å²) in [6.07, 6.45) is 3.09. The number of amides is 2. The fraction of sp³-hybridized carbons (Fsp3) is 0.273. The maximum absolute atomic E-state index is 13.2. The Bertz CT molecular complexity index is 1270. The molecule has 160 valence electrons. The maximum Gasteiger partial charge on any atom is 0.263 e. The fourth-order valence-corrected chi connectivity index (χ4v) is 4.61. The Morgan fingerprint density at radius 3 is 2.69 bits per heavy atom. The van der Waals surface area contributed by atoms with Gasteiger partial charge in [-0.25, -0.2) is 4.90 Å². The minimum absolute atomic E-state index is 0.0717. The minimum Gasteiger partial charge on any atom is -0.337 e. The number of anilines is 1. The lowest BCUT2D eigenvalue weighted by atomic mass is 10.1. The number of benzene rings is 2. The number of hydrogen-bond donors (Lipinski definition) is 0. The molecule has 2 amide bonds. The molecule has 3 aliphatic rings. The van der Waals surface area contributed by atoms with E-state index in [1.165, 1.54) is 21.0 Å². The van der Waals surface area contributed by atoms with Crippen molar-refractivity contribution in [3.05, 3.63) is 64.5 Å². The molecule has 6 rings (SSSR count). The van der Waals surface area contributed by atoms with E-state index in [9.17, 15) is 9.59 Å². The van der Waals surface area contributed by atoms with E-state index in [-0.39, 0.29) is 24.2 Å². The standard InChI is InChI=1S/C22H17ClN6O3/c23-15-7-4-13(5-8-15)20-24-17(32-26-20)11-28-19-18(25-27-28)21(30)29(22(19)31)16-9-6-12-2-1-3-14(12)10-16/h4-10,18-19H,1-3,11H2. The van der Waals surface area contributed by atoms with Crippen LogP contribution in [0.15, 0.2) is 57.3 Å². The molecular weight excluding hydrogens is 432 g/mol. The summed E-state index contributed by atoms with van der Waals surface area (Å²) in [5, 5.41) is 14.1. The fourth-order valence-electron chi connectivity index (χ4n) is 4.48. The lowest BCUT2D eigenvalue weighted by Gasteiger charge is -2.19. The largest absolute Gasteiger partial charge is 0.337 e. The topological polar surface area (TPSA) is 104 Å². The molecule has 1 saturated heterocycles. The van der Waals surface area contributed by atoms with Crippen molar-refractivity contribution in [2.45, 2.75) is 37.9 Å². The van der Waals surface area contributed by atoms with Crippen molar-refractivity contribution in [2.75, 3.05) is 4.90 Å². The molecule has 0 N–H and O–H groups in total. The summed E-state index contributed by atoms with van der Waals surface area (Å²) in [6, 6.07) is 11.1. The number of carbonyl (C=O) groups is 2. The number of aromatic nitrogens is 2. The van der Waals surface area contributed by atoms with Crippen molar-refractivity contribution in [2.24, 2.45) is 10.3 Å². The van der Waals surface area contributed by atoms with Gasteiger partial charge in [0.2, 0.25) is 11.7 Å². The van der Waals surface area contributed by atoms with E-state index in [2.05, 4.69) is 20.5 Å². The predicted octanol–water partition coefficient (Wildman–Crippen LogP) is 3.37. The van der Waals surface area contributed by atoms with Gasteiger partial charge in [0, 0.05) is 10.6 Å². The second-order valence-corrected chi connectivity index (χ2v) is 8.47. The van der Waals surface area contributed by atoms with Gasteiger partial charge in [0.15, 0.2) is 12.1 Å². The van der Waals surface area contributed by atoms with Crippen LogP contribution in [-0.2, 0) is 29.0 Å². The Balaban J connectivity index is 1.23. The van der Waals surface area contributed by atoms with Gasteiger partial charge in [0.05, 0.1) is 5.69 Å². The van der Waals surface area contributed by atoms with Crippen molar-refractivity contribution in [1.29, 1.82) is 0 Å². The Kier molecular flexibility index (Phi) is 4.32. The first-order valence-electron chi connectivity index (χ1n) is 10.3. The van der Waals surface area contributed by atoms with Crippen LogP contribution in [0.2, 0.25) is 5.02 Å². The molecule has 3 heterocycles. The zero-order valence-electron chi connectivity index (χ0n) is 16.8. The van der Waals surface area contributed by atoms with Gasteiger partial charge in [-0.2, -0.15) is 10.1 Å². The summed E-state index contributed by atoms with van der Waals surface area (Å²) in [4.78, 5) is 31.8. The zero-order valence-corrected chi connectivity index (χ0v) is 17.6. The van der Waals surface area contributed by atoms with E-state index in [0.717, 1.165) is 24.8 Å². The van der Waals surface area contributed by atoms with Crippen molar-refractivity contribution < 1.29 is 14.1 Å². The molecule has 1 aromatic heterocycles. The number of aryl methyl sites for hydroxylation is 2. The van der Waals surface area contributed by atoms with E-state index in [0.29, 0.717) is 16.5 Å². The number of carbonyl (C=O) groups excluding carboxylic acids is 2. The third-order valence-corrected chi connectivity index (χ3v) is 6.32. The molecule has 32 heavy (non-hydrogen) atoms. The Hall–Kier alpha value is -3.59. The molecule has 0 bridgehead atoms. The Labute approximate surface area is 187 Å². The van der Waals surface area contributed by atoms with E-state index < -0.39 is 12.1 Å². The number of imide groups is 1. The number of fused-ring (bicyclic) bond motifs is 2. The van der Waals surface area contributed by atoms with Crippen LogP contribution in [-0.4, -0.2) is 39.0 Å². The van der Waals surface area contributed by atoms with Crippen LogP contribution in [0.1, 0.15) is 23.4 Å². The van der Waals surface area contributed by atoms with Crippen LogP contribution in [0.5, 0.6) is 0 Å². The van der Waals surface area contributed by atoms with Gasteiger partial charge in [-0.05, 0) is 66.8 Å². The van der Waals surface area contributed by atoms with Crippen molar-refractivity contribution in [1.82, 2.24) is 15.1 Å². The van der Waals surface area contributed by atoms with Gasteiger partial charge >= 0.3 is 0 Å². The average molecular weight is 449 g/mol. The van der Waals surface area contributed by atoms with Gasteiger partial charge < -0.3 is 4.52 Å². The van der Waals surface area contributed by atoms with Crippen molar-refractivity contribution in [3.8, 4) is 11.4 Å². The lowest BCUT2D eigenvalue weighted by Crippen LogP contribution is -2.39. The highest BCUT2D eigenvalue weighted by atomic mass is 35.5. The summed E-state index contributed by atoms with van der Waals surface area (Å²) in [6.45, 7) is 0.0717. The van der Waals surface area contributed by atoms with Crippen LogP contribution in [0.4, 0.5) is 5.69 Å². The van der Waals surface area contributed by atoms with E-state index in [4.69, 9.17) is 16.1 Å². The first-order valence-corrected chi connectivity index (χ1v) is 10.7. The highest BCUT2D eigenvalue weighted by Crippen LogP contribution is 2.35. The van der Waals surface area contributed by atoms with Gasteiger partial charge in [0.25, 0.3) is 11.8 Å². The summed E-state index contributed by atoms with van der Waals surface area (Å²) < 4.78 is 5.34. The van der Waals surface area contributed by atoms with E-state index in [1.54, 1.807) is 24.3 Å². The quantitative estimate of drug-likeness (QED) is 0.567. The van der Waals surface area contributed by atoms with Crippen LogP contribution < -0.4 is 4.90 Å². The summed E-state index contributed by atoms with van der Waals surface area (Å²) in [5.41, 5.74) is 3.81. The summed E-state index contributed by atoms with van der Waals surface area (Å²) in [7, 11) is 0. The van der Waals surface area contributed by atoms with Crippen LogP contribution in [0.3, 0.4) is 0 Å². The molecular formula is C22H17ClN6O3. The summed E-state index contributed by atoms with van der Waals surface area (Å²) >= 11 is 5.92. The van der Waals surface area contributed by atoms with E-state index in [1.807, 2.05) is 18.2 Å². The number of nitrogens with zero attached hydrogens (tertiary/aromatic N) is 6. The molecule has 1 aliphatic carbocycles. The second kappa shape index (κ2) is 7.23. The third-order valence-electron chi connectivity index (χ3n) is 6.07. The number of halogens is 1. The minimum atomic E-state index is -0.866. The van der Waals surface area contributed by atoms with Crippen molar-refractivity contribution in [3.63, 3.8) is 0 Å². The zero-order chi connectivity index (χ0) is 21.8. The molecule has 3 aromatic rings. The van der Waals surface area contributed by atoms with Crippen LogP contribution in [0.25, 0.3) is 11.4 Å². The molecule has 0 radical (unpaired) electrons. The monoisotopic (exact) mass is 448 g/mol. The van der Waals surface area contributed by atoms with Crippen molar-refractivity contribution >= 4 is 29.1 Å². The van der Waals surface area contributed by atoms with Crippen LogP contribution in [0, 0.1) is 0 Å². The SMILES string of the molecule is O=C1C2N=NN(Cc3nc(-c4ccc(Cl)cc4)no3)C2C(=O)N1c1ccc2c(c1)CCC2. The molecule has 0 spiro atoms. The average Bonchev–Trinajstić information content (AvgIpc) is 3.56. The van der Waals surface area contributed by atoms with Gasteiger partial charge in [-0.15, -0.1) is 0 Å². The Morgan fingerprint density at radius 2 is 1.84 bits per heavy atom. The Morgan fingerprint density at radius 1 is 1.03 bits per heavy atom. The maximum atomic E-state index is 13.2. The van der Waals surface area contributed by atoms with Crippen LogP contribution >= 0.6 is 11.6 Å². The second-order valence-electron chi connectivity index (χ2n) is 8.03. The number of rotatable bonds is 4. The molecule has 2 unspecified atom stereocenters. The van der Waals surface area contributed by atoms with Gasteiger partial charge in [-0.3, -0.25) is 14.6 Å². The van der Waals surface area contributed by atoms with Gasteiger partial charge in [0.1, 0.15) is 6.54 Å². The molecule has 0 saturated carbocycles. The number of hydrogen-bond acceptors (Lipinski definition) is 8. The third kappa shape index (κ3) is 3.00. The van der Waals surface area contributed by atoms with E-state index >= 15 is 0 Å². The smallest absolute Gasteiger partial charge is 0.263 e. The highest BCUT2D eigenvalue weighted by molar-refractivity contribution is 6.30. The molecule has 2 atom stereocenters. The highest BCUT2D eigenvalue weighted by Gasteiger charge is 2.55. The van der Waals surface area contributed by atoms with Gasteiger partial charge in [-0.1, -0.05) is 28.0 Å². The first-order chi connectivity index (χ1) is 15.6. The normalized spacial score (nSPS) is 21.5.